The van der Waals surface area contributed by atoms with Gasteiger partial charge in [0, 0.05) is 6.54 Å². The summed E-state index contributed by atoms with van der Waals surface area (Å²) >= 11 is 0. The Morgan fingerprint density at radius 1 is 1.39 bits per heavy atom. The zero-order valence-corrected chi connectivity index (χ0v) is 10.1. The van der Waals surface area contributed by atoms with Gasteiger partial charge in [-0.25, -0.2) is 0 Å². The summed E-state index contributed by atoms with van der Waals surface area (Å²) in [5, 5.41) is 13.3. The van der Waals surface area contributed by atoms with Crippen LogP contribution in [0.3, 0.4) is 0 Å². The van der Waals surface area contributed by atoms with Crippen molar-refractivity contribution in [2.75, 3.05) is 17.6 Å². The summed E-state index contributed by atoms with van der Waals surface area (Å²) in [7, 11) is 0. The molecular formula is C13H17N3O2. The molecule has 0 radical (unpaired) electrons. The molecule has 1 aliphatic carbocycles. The van der Waals surface area contributed by atoms with E-state index in [2.05, 4.69) is 10.3 Å². The van der Waals surface area contributed by atoms with Gasteiger partial charge in [-0.15, -0.1) is 0 Å². The first-order valence-corrected chi connectivity index (χ1v) is 6.28. The van der Waals surface area contributed by atoms with Crippen molar-refractivity contribution in [3.63, 3.8) is 0 Å². The van der Waals surface area contributed by atoms with Crippen molar-refractivity contribution in [2.45, 2.75) is 31.3 Å². The van der Waals surface area contributed by atoms with Crippen molar-refractivity contribution in [2.24, 2.45) is 0 Å². The van der Waals surface area contributed by atoms with Crippen LogP contribution in [0.4, 0.5) is 11.7 Å². The number of aliphatic hydroxyl groups is 1. The predicted octanol–water partition coefficient (Wildman–Crippen LogP) is 2.13. The molecule has 0 saturated heterocycles. The molecule has 0 unspecified atom stereocenters. The molecule has 1 fully saturated rings. The Morgan fingerprint density at radius 2 is 2.17 bits per heavy atom. The second-order valence-corrected chi connectivity index (χ2v) is 5.00. The third-order valence-corrected chi connectivity index (χ3v) is 3.55. The van der Waals surface area contributed by atoms with Crippen LogP contribution in [-0.2, 0) is 0 Å². The van der Waals surface area contributed by atoms with Crippen molar-refractivity contribution < 1.29 is 9.52 Å². The van der Waals surface area contributed by atoms with E-state index in [4.69, 9.17) is 10.2 Å². The molecular weight excluding hydrogens is 230 g/mol. The van der Waals surface area contributed by atoms with Gasteiger partial charge in [0.1, 0.15) is 5.52 Å². The molecule has 0 bridgehead atoms. The normalized spacial score (nSPS) is 18.3. The average Bonchev–Trinajstić information content (AvgIpc) is 2.94. The fourth-order valence-corrected chi connectivity index (χ4v) is 2.50. The van der Waals surface area contributed by atoms with E-state index in [1.807, 2.05) is 12.1 Å². The van der Waals surface area contributed by atoms with Crippen molar-refractivity contribution in [1.29, 1.82) is 0 Å². The Bertz CT molecular complexity index is 558. The maximum Gasteiger partial charge on any atom is 0.295 e. The van der Waals surface area contributed by atoms with Crippen LogP contribution in [-0.4, -0.2) is 22.2 Å². The van der Waals surface area contributed by atoms with Gasteiger partial charge in [-0.05, 0) is 25.0 Å². The smallest absolute Gasteiger partial charge is 0.295 e. The summed E-state index contributed by atoms with van der Waals surface area (Å²) in [4.78, 5) is 4.29. The van der Waals surface area contributed by atoms with Crippen LogP contribution in [0.2, 0.25) is 0 Å². The molecule has 5 heteroatoms. The average molecular weight is 247 g/mol. The molecule has 4 N–H and O–H groups in total. The quantitative estimate of drug-likeness (QED) is 0.723. The summed E-state index contributed by atoms with van der Waals surface area (Å²) in [6, 6.07) is 5.87. The topological polar surface area (TPSA) is 84.3 Å². The van der Waals surface area contributed by atoms with E-state index < -0.39 is 5.60 Å². The molecule has 18 heavy (non-hydrogen) atoms. The lowest BCUT2D eigenvalue weighted by atomic mass is 10.0. The minimum atomic E-state index is -0.619. The predicted molar refractivity (Wildman–Crippen MR) is 70.3 cm³/mol. The molecule has 3 rings (SSSR count). The molecule has 0 amide bonds. The number of hydrogen-bond acceptors (Lipinski definition) is 5. The van der Waals surface area contributed by atoms with Crippen molar-refractivity contribution in [3.05, 3.63) is 18.2 Å². The van der Waals surface area contributed by atoms with Crippen molar-refractivity contribution >= 4 is 22.8 Å². The van der Waals surface area contributed by atoms with Crippen LogP contribution < -0.4 is 11.1 Å². The van der Waals surface area contributed by atoms with Crippen LogP contribution >= 0.6 is 0 Å². The number of nitrogens with two attached hydrogens (primary N) is 1. The van der Waals surface area contributed by atoms with Gasteiger partial charge in [-0.3, -0.25) is 0 Å². The van der Waals surface area contributed by atoms with E-state index in [0.29, 0.717) is 29.3 Å². The van der Waals surface area contributed by atoms with Gasteiger partial charge >= 0.3 is 0 Å². The van der Waals surface area contributed by atoms with Crippen LogP contribution in [0, 0.1) is 0 Å². The number of oxazole rings is 1. The van der Waals surface area contributed by atoms with Crippen LogP contribution in [0.1, 0.15) is 25.7 Å². The number of nitrogen functional groups attached to an aromatic ring is 1. The van der Waals surface area contributed by atoms with E-state index in [0.717, 1.165) is 25.7 Å². The number of benzene rings is 1. The summed E-state index contributed by atoms with van der Waals surface area (Å²) < 4.78 is 5.54. The van der Waals surface area contributed by atoms with Gasteiger partial charge in [-0.2, -0.15) is 4.98 Å². The fourth-order valence-electron chi connectivity index (χ4n) is 2.50. The second kappa shape index (κ2) is 4.17. The number of para-hydroxylation sites is 1. The minimum absolute atomic E-state index is 0.420. The Balaban J connectivity index is 1.77. The van der Waals surface area contributed by atoms with E-state index >= 15 is 0 Å². The number of nitrogens with one attached hydrogen (secondary N) is 1. The molecule has 1 aliphatic rings. The Morgan fingerprint density at radius 3 is 2.89 bits per heavy atom. The molecule has 1 aromatic heterocycles. The number of anilines is 2. The molecule has 1 heterocycles. The van der Waals surface area contributed by atoms with Crippen molar-refractivity contribution in [1.82, 2.24) is 4.98 Å². The van der Waals surface area contributed by atoms with E-state index in [1.165, 1.54) is 0 Å². The Hall–Kier alpha value is -1.75. The molecule has 5 nitrogen and oxygen atoms in total. The van der Waals surface area contributed by atoms with Crippen molar-refractivity contribution in [3.8, 4) is 0 Å². The van der Waals surface area contributed by atoms with E-state index in [9.17, 15) is 5.11 Å². The van der Waals surface area contributed by atoms with Gasteiger partial charge in [0.25, 0.3) is 6.01 Å². The van der Waals surface area contributed by atoms with Crippen LogP contribution in [0.25, 0.3) is 11.1 Å². The maximum absolute atomic E-state index is 10.2. The Kier molecular flexibility index (Phi) is 2.63. The molecule has 0 atom stereocenters. The number of hydrogen-bond donors (Lipinski definition) is 3. The maximum atomic E-state index is 10.2. The summed E-state index contributed by atoms with van der Waals surface area (Å²) in [5.41, 5.74) is 7.12. The second-order valence-electron chi connectivity index (χ2n) is 5.00. The fraction of sp³-hybridized carbons (Fsp3) is 0.462. The summed E-state index contributed by atoms with van der Waals surface area (Å²) in [6.07, 6.45) is 3.84. The summed E-state index contributed by atoms with van der Waals surface area (Å²) in [5.74, 6) is 0. The Labute approximate surface area is 105 Å². The van der Waals surface area contributed by atoms with E-state index in [1.54, 1.807) is 6.07 Å². The highest BCUT2D eigenvalue weighted by atomic mass is 16.4. The molecule has 1 saturated carbocycles. The zero-order chi connectivity index (χ0) is 12.6. The first-order valence-electron chi connectivity index (χ1n) is 6.28. The van der Waals surface area contributed by atoms with Gasteiger partial charge < -0.3 is 20.6 Å². The van der Waals surface area contributed by atoms with E-state index in [-0.39, 0.29) is 0 Å². The zero-order valence-electron chi connectivity index (χ0n) is 10.1. The highest BCUT2D eigenvalue weighted by Crippen LogP contribution is 2.30. The number of fused-ring (bicyclic) bond motifs is 1. The first kappa shape index (κ1) is 11.3. The van der Waals surface area contributed by atoms with Gasteiger partial charge in [0.05, 0.1) is 11.3 Å². The lowest BCUT2D eigenvalue weighted by Crippen LogP contribution is -2.33. The summed E-state index contributed by atoms with van der Waals surface area (Å²) in [6.45, 7) is 0.472. The highest BCUT2D eigenvalue weighted by Gasteiger charge is 2.31. The van der Waals surface area contributed by atoms with Crippen LogP contribution in [0.15, 0.2) is 22.6 Å². The molecule has 96 valence electrons. The largest absolute Gasteiger partial charge is 0.423 e. The molecule has 0 spiro atoms. The molecule has 1 aromatic carbocycles. The SMILES string of the molecule is Nc1cccc2oc(NCC3(O)CCCC3)nc12. The van der Waals surface area contributed by atoms with Gasteiger partial charge in [-0.1, -0.05) is 18.9 Å². The molecule has 2 aromatic rings. The number of rotatable bonds is 3. The van der Waals surface area contributed by atoms with Gasteiger partial charge in [0.15, 0.2) is 5.58 Å². The third kappa shape index (κ3) is 2.01. The lowest BCUT2D eigenvalue weighted by Gasteiger charge is -2.21. The number of aromatic nitrogens is 1. The first-order chi connectivity index (χ1) is 8.66. The number of nitrogens with zero attached hydrogens (tertiary/aromatic N) is 1. The van der Waals surface area contributed by atoms with Crippen LogP contribution in [0.5, 0.6) is 0 Å². The minimum Gasteiger partial charge on any atom is -0.423 e. The monoisotopic (exact) mass is 247 g/mol. The third-order valence-electron chi connectivity index (χ3n) is 3.55. The lowest BCUT2D eigenvalue weighted by molar-refractivity contribution is 0.0609. The highest BCUT2D eigenvalue weighted by molar-refractivity contribution is 5.86. The standard InChI is InChI=1S/C13H17N3O2/c14-9-4-3-5-10-11(9)16-12(18-10)15-8-13(17)6-1-2-7-13/h3-5,17H,1-2,6-8,14H2,(H,15,16). The van der Waals surface area contributed by atoms with Gasteiger partial charge in [0.2, 0.25) is 0 Å². The molecule has 0 aliphatic heterocycles.